The Balaban J connectivity index is 1.57. The van der Waals surface area contributed by atoms with Gasteiger partial charge in [0, 0.05) is 19.1 Å². The van der Waals surface area contributed by atoms with Gasteiger partial charge in [-0.15, -0.1) is 10.2 Å². The highest BCUT2D eigenvalue weighted by atomic mass is 19.1. The molecular formula is C17H19FN4O2. The highest BCUT2D eigenvalue weighted by Crippen LogP contribution is 2.21. The van der Waals surface area contributed by atoms with Gasteiger partial charge in [0.05, 0.1) is 12.8 Å². The summed E-state index contributed by atoms with van der Waals surface area (Å²) in [5, 5.41) is 11.2. The molecule has 0 amide bonds. The van der Waals surface area contributed by atoms with Gasteiger partial charge in [-0.25, -0.2) is 9.18 Å². The van der Waals surface area contributed by atoms with Crippen LogP contribution < -0.4 is 10.2 Å². The third kappa shape index (κ3) is 3.61. The molecule has 0 bridgehead atoms. The number of methoxy groups -OCH3 is 1. The summed E-state index contributed by atoms with van der Waals surface area (Å²) in [5.41, 5.74) is 0.732. The van der Waals surface area contributed by atoms with Crippen molar-refractivity contribution in [1.82, 2.24) is 10.2 Å². The number of carbonyl (C=O) groups is 1. The van der Waals surface area contributed by atoms with E-state index >= 15 is 0 Å². The average molecular weight is 330 g/mol. The van der Waals surface area contributed by atoms with E-state index in [1.54, 1.807) is 24.3 Å². The number of rotatable bonds is 4. The molecule has 0 atom stereocenters. The van der Waals surface area contributed by atoms with Crippen molar-refractivity contribution in [2.45, 2.75) is 18.9 Å². The summed E-state index contributed by atoms with van der Waals surface area (Å²) in [6, 6.07) is 10.3. The minimum atomic E-state index is -0.498. The number of esters is 1. The van der Waals surface area contributed by atoms with E-state index in [-0.39, 0.29) is 17.6 Å². The van der Waals surface area contributed by atoms with Crippen LogP contribution in [0.25, 0.3) is 0 Å². The molecule has 6 nitrogen and oxygen atoms in total. The number of piperidine rings is 1. The summed E-state index contributed by atoms with van der Waals surface area (Å²) >= 11 is 0. The Morgan fingerprint density at radius 1 is 1.21 bits per heavy atom. The van der Waals surface area contributed by atoms with Crippen LogP contribution in [0.15, 0.2) is 36.4 Å². The van der Waals surface area contributed by atoms with Crippen molar-refractivity contribution in [3.8, 4) is 0 Å². The fourth-order valence-electron chi connectivity index (χ4n) is 2.76. The quantitative estimate of drug-likeness (QED) is 0.869. The van der Waals surface area contributed by atoms with E-state index in [1.165, 1.54) is 13.2 Å². The first-order chi connectivity index (χ1) is 11.7. The van der Waals surface area contributed by atoms with E-state index in [0.717, 1.165) is 31.7 Å². The van der Waals surface area contributed by atoms with Crippen molar-refractivity contribution in [3.05, 3.63) is 47.9 Å². The molecule has 7 heteroatoms. The van der Waals surface area contributed by atoms with Crippen LogP contribution in [0.4, 0.5) is 15.9 Å². The molecule has 2 heterocycles. The number of hydrogen-bond acceptors (Lipinski definition) is 6. The number of carbonyl (C=O) groups excluding carboxylic acids is 1. The Labute approximate surface area is 139 Å². The topological polar surface area (TPSA) is 67.3 Å². The van der Waals surface area contributed by atoms with Crippen LogP contribution in [0.1, 0.15) is 23.3 Å². The minimum Gasteiger partial charge on any atom is -0.464 e. The number of anilines is 2. The lowest BCUT2D eigenvalue weighted by Crippen LogP contribution is -2.39. The number of nitrogens with one attached hydrogen (secondary N) is 1. The van der Waals surface area contributed by atoms with Crippen molar-refractivity contribution >= 4 is 17.5 Å². The van der Waals surface area contributed by atoms with Gasteiger partial charge in [0.2, 0.25) is 0 Å². The lowest BCUT2D eigenvalue weighted by molar-refractivity contribution is 0.0592. The van der Waals surface area contributed by atoms with Crippen LogP contribution in [0.2, 0.25) is 0 Å². The molecule has 126 valence electrons. The third-order valence-corrected chi connectivity index (χ3v) is 4.10. The smallest absolute Gasteiger partial charge is 0.358 e. The maximum atomic E-state index is 13.7. The molecule has 1 N–H and O–H groups in total. The summed E-state index contributed by atoms with van der Waals surface area (Å²) in [7, 11) is 1.31. The number of hydrogen-bond donors (Lipinski definition) is 1. The zero-order valence-electron chi connectivity index (χ0n) is 13.4. The molecule has 0 radical (unpaired) electrons. The Bertz CT molecular complexity index is 700. The number of ether oxygens (including phenoxy) is 1. The summed E-state index contributed by atoms with van der Waals surface area (Å²) in [6.07, 6.45) is 1.74. The lowest BCUT2D eigenvalue weighted by atomic mass is 10.0. The van der Waals surface area contributed by atoms with E-state index in [4.69, 9.17) is 0 Å². The van der Waals surface area contributed by atoms with Gasteiger partial charge in [-0.05, 0) is 37.1 Å². The SMILES string of the molecule is COC(=O)c1ccc(N2CCC(Nc3ccccc3F)CC2)nn1. The van der Waals surface area contributed by atoms with Crippen molar-refractivity contribution in [3.63, 3.8) is 0 Å². The van der Waals surface area contributed by atoms with Crippen LogP contribution in [0, 0.1) is 5.82 Å². The second-order valence-electron chi connectivity index (χ2n) is 5.65. The predicted molar refractivity (Wildman–Crippen MR) is 88.6 cm³/mol. The molecule has 0 aliphatic carbocycles. The Morgan fingerprint density at radius 2 is 1.96 bits per heavy atom. The van der Waals surface area contributed by atoms with Crippen molar-refractivity contribution in [2.75, 3.05) is 30.4 Å². The van der Waals surface area contributed by atoms with Gasteiger partial charge in [0.25, 0.3) is 0 Å². The zero-order chi connectivity index (χ0) is 16.9. The van der Waals surface area contributed by atoms with E-state index < -0.39 is 5.97 Å². The van der Waals surface area contributed by atoms with E-state index in [0.29, 0.717) is 5.69 Å². The maximum absolute atomic E-state index is 13.7. The van der Waals surface area contributed by atoms with Crippen molar-refractivity contribution < 1.29 is 13.9 Å². The second kappa shape index (κ2) is 7.25. The summed E-state index contributed by atoms with van der Waals surface area (Å²) < 4.78 is 18.3. The van der Waals surface area contributed by atoms with Gasteiger partial charge in [0.15, 0.2) is 11.5 Å². The highest BCUT2D eigenvalue weighted by Gasteiger charge is 2.21. The molecule has 1 aromatic heterocycles. The molecule has 2 aromatic rings. The average Bonchev–Trinajstić information content (AvgIpc) is 2.64. The standard InChI is InChI=1S/C17H19FN4O2/c1-24-17(23)15-6-7-16(21-20-15)22-10-8-12(9-11-22)19-14-5-3-2-4-13(14)18/h2-7,12,19H,8-11H2,1H3. The number of aromatic nitrogens is 2. The van der Waals surface area contributed by atoms with Crippen molar-refractivity contribution in [2.24, 2.45) is 0 Å². The van der Waals surface area contributed by atoms with Crippen LogP contribution >= 0.6 is 0 Å². The molecule has 24 heavy (non-hydrogen) atoms. The Hall–Kier alpha value is -2.70. The first-order valence-corrected chi connectivity index (χ1v) is 7.85. The van der Waals surface area contributed by atoms with Gasteiger partial charge in [-0.2, -0.15) is 0 Å². The van der Waals surface area contributed by atoms with Crippen LogP contribution in [-0.2, 0) is 4.74 Å². The van der Waals surface area contributed by atoms with E-state index in [1.807, 2.05) is 6.07 Å². The summed E-state index contributed by atoms with van der Waals surface area (Å²) in [5.74, 6) is -0.00182. The minimum absolute atomic E-state index is 0.192. The lowest BCUT2D eigenvalue weighted by Gasteiger charge is -2.33. The zero-order valence-corrected chi connectivity index (χ0v) is 13.4. The fourth-order valence-corrected chi connectivity index (χ4v) is 2.76. The molecule has 0 unspecified atom stereocenters. The summed E-state index contributed by atoms with van der Waals surface area (Å²) in [6.45, 7) is 1.58. The first kappa shape index (κ1) is 16.2. The molecular weight excluding hydrogens is 311 g/mol. The predicted octanol–water partition coefficient (Wildman–Crippen LogP) is 2.48. The monoisotopic (exact) mass is 330 g/mol. The molecule has 1 fully saturated rings. The highest BCUT2D eigenvalue weighted by molar-refractivity contribution is 5.86. The molecule has 3 rings (SSSR count). The third-order valence-electron chi connectivity index (χ3n) is 4.10. The van der Waals surface area contributed by atoms with Crippen LogP contribution in [0.5, 0.6) is 0 Å². The van der Waals surface area contributed by atoms with Gasteiger partial charge in [-0.1, -0.05) is 12.1 Å². The van der Waals surface area contributed by atoms with Crippen LogP contribution in [-0.4, -0.2) is 42.4 Å². The van der Waals surface area contributed by atoms with Crippen LogP contribution in [0.3, 0.4) is 0 Å². The first-order valence-electron chi connectivity index (χ1n) is 7.85. The molecule has 0 saturated carbocycles. The van der Waals surface area contributed by atoms with Gasteiger partial charge < -0.3 is 15.0 Å². The normalized spacial score (nSPS) is 15.2. The number of benzene rings is 1. The van der Waals surface area contributed by atoms with Crippen molar-refractivity contribution in [1.29, 1.82) is 0 Å². The molecule has 1 saturated heterocycles. The number of nitrogens with zero attached hydrogens (tertiary/aromatic N) is 3. The molecule has 1 aromatic carbocycles. The molecule has 1 aliphatic rings. The largest absolute Gasteiger partial charge is 0.464 e. The maximum Gasteiger partial charge on any atom is 0.358 e. The van der Waals surface area contributed by atoms with Gasteiger partial charge in [0.1, 0.15) is 5.82 Å². The van der Waals surface area contributed by atoms with E-state index in [9.17, 15) is 9.18 Å². The Morgan fingerprint density at radius 3 is 2.58 bits per heavy atom. The fraction of sp³-hybridized carbons (Fsp3) is 0.353. The molecule has 0 spiro atoms. The Kier molecular flexibility index (Phi) is 4.88. The van der Waals surface area contributed by atoms with Gasteiger partial charge >= 0.3 is 5.97 Å². The van der Waals surface area contributed by atoms with Gasteiger partial charge in [-0.3, -0.25) is 0 Å². The number of halogens is 1. The number of para-hydroxylation sites is 1. The van der Waals surface area contributed by atoms with E-state index in [2.05, 4.69) is 25.2 Å². The summed E-state index contributed by atoms with van der Waals surface area (Å²) in [4.78, 5) is 13.5. The molecule has 1 aliphatic heterocycles. The second-order valence-corrected chi connectivity index (χ2v) is 5.65.